The van der Waals surface area contributed by atoms with Gasteiger partial charge in [-0.2, -0.15) is 0 Å². The number of nitrogen functional groups attached to an aromatic ring is 1. The van der Waals surface area contributed by atoms with Crippen molar-refractivity contribution in [3.05, 3.63) is 40.0 Å². The van der Waals surface area contributed by atoms with E-state index in [9.17, 15) is 9.59 Å². The third-order valence-electron chi connectivity index (χ3n) is 5.12. The minimum atomic E-state index is -0.0102. The van der Waals surface area contributed by atoms with Gasteiger partial charge in [-0.05, 0) is 45.1 Å². The van der Waals surface area contributed by atoms with Crippen molar-refractivity contribution in [1.82, 2.24) is 20.6 Å². The summed E-state index contributed by atoms with van der Waals surface area (Å²) in [6.07, 6.45) is 5.98. The summed E-state index contributed by atoms with van der Waals surface area (Å²) in [5.74, 6) is 0.545. The van der Waals surface area contributed by atoms with Gasteiger partial charge in [-0.15, -0.1) is 11.3 Å². The number of amides is 2. The lowest BCUT2D eigenvalue weighted by atomic mass is 9.85. The average Bonchev–Trinajstić information content (AvgIpc) is 3.11. The predicted octanol–water partition coefficient (Wildman–Crippen LogP) is 2.35. The maximum atomic E-state index is 12.4. The molecule has 0 radical (unpaired) electrons. The van der Waals surface area contributed by atoms with Gasteiger partial charge in [0.1, 0.15) is 5.82 Å². The second kappa shape index (κ2) is 9.64. The Labute approximate surface area is 169 Å². The van der Waals surface area contributed by atoms with Crippen LogP contribution in [0.15, 0.2) is 23.7 Å². The van der Waals surface area contributed by atoms with Crippen molar-refractivity contribution in [3.8, 4) is 0 Å². The molecule has 0 spiro atoms. The Morgan fingerprint density at radius 3 is 2.75 bits per heavy atom. The van der Waals surface area contributed by atoms with Crippen molar-refractivity contribution in [2.45, 2.75) is 58.0 Å². The van der Waals surface area contributed by atoms with E-state index in [1.807, 2.05) is 18.4 Å². The fraction of sp³-hybridized carbons (Fsp3) is 0.500. The van der Waals surface area contributed by atoms with Gasteiger partial charge in [0.15, 0.2) is 0 Å². The lowest BCUT2D eigenvalue weighted by molar-refractivity contribution is -0.126. The van der Waals surface area contributed by atoms with Crippen LogP contribution in [0.4, 0.5) is 5.82 Å². The molecule has 150 valence electrons. The number of aryl methyl sites for hydroxylation is 2. The summed E-state index contributed by atoms with van der Waals surface area (Å²) < 4.78 is 0. The predicted molar refractivity (Wildman–Crippen MR) is 110 cm³/mol. The number of nitrogens with two attached hydrogens (primary N) is 1. The molecule has 0 unspecified atom stereocenters. The van der Waals surface area contributed by atoms with Crippen LogP contribution in [0, 0.1) is 12.8 Å². The number of thiazole rings is 1. The first-order valence-electron chi connectivity index (χ1n) is 9.68. The van der Waals surface area contributed by atoms with Crippen LogP contribution in [0.5, 0.6) is 0 Å². The lowest BCUT2D eigenvalue weighted by Gasteiger charge is -2.28. The fourth-order valence-electron chi connectivity index (χ4n) is 3.49. The van der Waals surface area contributed by atoms with E-state index in [-0.39, 0.29) is 23.8 Å². The van der Waals surface area contributed by atoms with Crippen molar-refractivity contribution >= 4 is 29.0 Å². The van der Waals surface area contributed by atoms with Crippen LogP contribution >= 0.6 is 11.3 Å². The van der Waals surface area contributed by atoms with Gasteiger partial charge < -0.3 is 16.4 Å². The Morgan fingerprint density at radius 1 is 1.29 bits per heavy atom. The number of rotatable bonds is 7. The van der Waals surface area contributed by atoms with Gasteiger partial charge in [0.2, 0.25) is 11.8 Å². The fourth-order valence-corrected chi connectivity index (χ4v) is 4.14. The highest BCUT2D eigenvalue weighted by Crippen LogP contribution is 2.25. The molecule has 4 N–H and O–H groups in total. The molecule has 1 aliphatic carbocycles. The van der Waals surface area contributed by atoms with E-state index in [0.29, 0.717) is 25.2 Å². The molecule has 0 aromatic carbocycles. The SMILES string of the molecule is Cc1nc(CCC(=O)NC2CCC(C(=O)NCc3cccnc3N)CC2)cs1. The second-order valence-electron chi connectivity index (χ2n) is 7.24. The Balaban J connectivity index is 1.36. The van der Waals surface area contributed by atoms with Crippen LogP contribution in [-0.4, -0.2) is 27.8 Å². The molecule has 2 aromatic rings. The zero-order chi connectivity index (χ0) is 19.9. The van der Waals surface area contributed by atoms with Crippen LogP contribution in [0.25, 0.3) is 0 Å². The van der Waals surface area contributed by atoms with Gasteiger partial charge in [0.25, 0.3) is 0 Å². The first kappa shape index (κ1) is 20.3. The monoisotopic (exact) mass is 401 g/mol. The molecule has 0 atom stereocenters. The molecule has 3 rings (SSSR count). The molecule has 0 aliphatic heterocycles. The van der Waals surface area contributed by atoms with Crippen molar-refractivity contribution in [1.29, 1.82) is 0 Å². The number of nitrogens with zero attached hydrogens (tertiary/aromatic N) is 2. The molecule has 1 fully saturated rings. The van der Waals surface area contributed by atoms with Crippen LogP contribution in [-0.2, 0) is 22.6 Å². The molecule has 8 heteroatoms. The molecular formula is C20H27N5O2S. The van der Waals surface area contributed by atoms with E-state index in [4.69, 9.17) is 5.73 Å². The molecular weight excluding hydrogens is 374 g/mol. The van der Waals surface area contributed by atoms with Gasteiger partial charge in [-0.25, -0.2) is 9.97 Å². The van der Waals surface area contributed by atoms with Gasteiger partial charge in [0.05, 0.1) is 10.7 Å². The third-order valence-corrected chi connectivity index (χ3v) is 5.94. The van der Waals surface area contributed by atoms with E-state index in [1.165, 1.54) is 0 Å². The standard InChI is InChI=1S/C20H27N5O2S/c1-13-24-17(12-28-13)8-9-18(26)25-16-6-4-14(5-7-16)20(27)23-11-15-3-2-10-22-19(15)21/h2-3,10,12,14,16H,4-9,11H2,1H3,(H2,21,22)(H,23,27)(H,25,26). The van der Waals surface area contributed by atoms with E-state index >= 15 is 0 Å². The zero-order valence-corrected chi connectivity index (χ0v) is 16.9. The first-order chi connectivity index (χ1) is 13.5. The van der Waals surface area contributed by atoms with Crippen LogP contribution in [0.2, 0.25) is 0 Å². The molecule has 7 nitrogen and oxygen atoms in total. The molecule has 0 bridgehead atoms. The summed E-state index contributed by atoms with van der Waals surface area (Å²) in [5.41, 5.74) is 7.61. The Kier molecular flexibility index (Phi) is 6.97. The number of carbonyl (C=O) groups is 2. The molecule has 1 aliphatic rings. The zero-order valence-electron chi connectivity index (χ0n) is 16.1. The number of aromatic nitrogens is 2. The van der Waals surface area contributed by atoms with Gasteiger partial charge in [-0.1, -0.05) is 6.07 Å². The Bertz CT molecular complexity index is 814. The van der Waals surface area contributed by atoms with E-state index in [0.717, 1.165) is 41.9 Å². The molecule has 2 heterocycles. The van der Waals surface area contributed by atoms with Crippen LogP contribution < -0.4 is 16.4 Å². The van der Waals surface area contributed by atoms with Crippen molar-refractivity contribution < 1.29 is 9.59 Å². The van der Waals surface area contributed by atoms with E-state index in [1.54, 1.807) is 23.6 Å². The number of carbonyl (C=O) groups excluding carboxylic acids is 2. The average molecular weight is 402 g/mol. The van der Waals surface area contributed by atoms with Crippen LogP contribution in [0.3, 0.4) is 0 Å². The maximum absolute atomic E-state index is 12.4. The maximum Gasteiger partial charge on any atom is 0.223 e. The molecule has 28 heavy (non-hydrogen) atoms. The summed E-state index contributed by atoms with van der Waals surface area (Å²) in [7, 11) is 0. The molecule has 1 saturated carbocycles. The topological polar surface area (TPSA) is 110 Å². The summed E-state index contributed by atoms with van der Waals surface area (Å²) in [5, 5.41) is 9.09. The summed E-state index contributed by atoms with van der Waals surface area (Å²) in [4.78, 5) is 33.0. The van der Waals surface area contributed by atoms with Gasteiger partial charge in [0, 0.05) is 42.1 Å². The van der Waals surface area contributed by atoms with Gasteiger partial charge >= 0.3 is 0 Å². The minimum Gasteiger partial charge on any atom is -0.383 e. The normalized spacial score (nSPS) is 19.2. The number of pyridine rings is 1. The van der Waals surface area contributed by atoms with Crippen LogP contribution in [0.1, 0.15) is 48.4 Å². The van der Waals surface area contributed by atoms with Crippen molar-refractivity contribution in [2.75, 3.05) is 5.73 Å². The second-order valence-corrected chi connectivity index (χ2v) is 8.30. The largest absolute Gasteiger partial charge is 0.383 e. The highest BCUT2D eigenvalue weighted by atomic mass is 32.1. The summed E-state index contributed by atoms with van der Waals surface area (Å²) in [6.45, 7) is 2.36. The first-order valence-corrected chi connectivity index (χ1v) is 10.6. The number of anilines is 1. The highest BCUT2D eigenvalue weighted by molar-refractivity contribution is 7.09. The summed E-state index contributed by atoms with van der Waals surface area (Å²) in [6, 6.07) is 3.83. The summed E-state index contributed by atoms with van der Waals surface area (Å²) >= 11 is 1.61. The molecule has 0 saturated heterocycles. The number of hydrogen-bond donors (Lipinski definition) is 3. The number of hydrogen-bond acceptors (Lipinski definition) is 6. The van der Waals surface area contributed by atoms with Crippen molar-refractivity contribution in [3.63, 3.8) is 0 Å². The molecule has 2 amide bonds. The van der Waals surface area contributed by atoms with E-state index < -0.39 is 0 Å². The van der Waals surface area contributed by atoms with Crippen molar-refractivity contribution in [2.24, 2.45) is 5.92 Å². The highest BCUT2D eigenvalue weighted by Gasteiger charge is 2.27. The quantitative estimate of drug-likeness (QED) is 0.660. The Morgan fingerprint density at radius 2 is 2.07 bits per heavy atom. The Hall–Kier alpha value is -2.48. The molecule has 2 aromatic heterocycles. The smallest absolute Gasteiger partial charge is 0.223 e. The lowest BCUT2D eigenvalue weighted by Crippen LogP contribution is -2.40. The minimum absolute atomic E-state index is 0.0102. The number of nitrogens with one attached hydrogen (secondary N) is 2. The van der Waals surface area contributed by atoms with Gasteiger partial charge in [-0.3, -0.25) is 9.59 Å². The third kappa shape index (κ3) is 5.76. The van der Waals surface area contributed by atoms with E-state index in [2.05, 4.69) is 20.6 Å².